The van der Waals surface area contributed by atoms with Crippen molar-refractivity contribution in [1.82, 2.24) is 29.4 Å². The predicted octanol–water partition coefficient (Wildman–Crippen LogP) is -16.3. The summed E-state index contributed by atoms with van der Waals surface area (Å²) in [6.07, 6.45) is 0. The van der Waals surface area contributed by atoms with Crippen LogP contribution in [0.15, 0.2) is 41.3 Å². The standard InChI is InChI=1S/C23H31N3O13.C22H31N3O14S.2Gd/c1-14-2-3-17(16(6-14)23(37)38)39-13-15(26(11-21(33)34)12-22(35)36)7-24(8-18(27)28)4-5-25(9-19(29)30)10-20(31)32;1-14-2-3-16(17(6-14)40(36,37)38)39-13-15(25(11-21(32)33)12-22(34)35)7-23(8-18(26)27)4-5-24(9-19(28)29)10-20(30)31;;/h2-3,6,15H,4-5,7-13H2,1H3,(H,27,28)(H,29,30)(H,31,32)(H,33,34)(H,35,36)(H,37,38);2-3,6,15H,4-5,7-13H2,1H3,(H,26,27)(H,28,29)(H,30,31)(H,32,33)(H,34,35)(H,36,37,38);;/q;;2*+3/p-10. The van der Waals surface area contributed by atoms with Crippen molar-refractivity contribution in [3.05, 3.63) is 53.1 Å². The summed E-state index contributed by atoms with van der Waals surface area (Å²) >= 11 is 0. The molecular formula is C45H52Gd2N6O27S-4. The summed E-state index contributed by atoms with van der Waals surface area (Å²) in [4.78, 5) is 128. The Morgan fingerprint density at radius 1 is 0.444 bits per heavy atom. The van der Waals surface area contributed by atoms with Gasteiger partial charge in [0.05, 0.1) is 71.8 Å². The molecule has 33 nitrogen and oxygen atoms in total. The Balaban J connectivity index is 0. The molecule has 0 bridgehead atoms. The van der Waals surface area contributed by atoms with Gasteiger partial charge in [-0.25, -0.2) is 4.79 Å². The van der Waals surface area contributed by atoms with Crippen molar-refractivity contribution in [3.8, 4) is 11.5 Å². The third-order valence-corrected chi connectivity index (χ3v) is 11.4. The van der Waals surface area contributed by atoms with Crippen molar-refractivity contribution >= 4 is 75.8 Å². The van der Waals surface area contributed by atoms with Crippen LogP contribution in [-0.2, 0) is 58.1 Å². The molecule has 0 fully saturated rings. The van der Waals surface area contributed by atoms with E-state index in [0.29, 0.717) is 11.1 Å². The van der Waals surface area contributed by atoms with Crippen molar-refractivity contribution in [2.24, 2.45) is 0 Å². The predicted molar refractivity (Wildman–Crippen MR) is 237 cm³/mol. The average molecular weight is 1460 g/mol. The summed E-state index contributed by atoms with van der Waals surface area (Å²) < 4.78 is 44.2. The van der Waals surface area contributed by atoms with Crippen molar-refractivity contribution < 1.29 is 211 Å². The molecule has 2 N–H and O–H groups in total. The van der Waals surface area contributed by atoms with Gasteiger partial charge in [0.15, 0.2) is 0 Å². The molecule has 0 spiro atoms. The van der Waals surface area contributed by atoms with Crippen LogP contribution in [0, 0.1) is 93.7 Å². The van der Waals surface area contributed by atoms with Gasteiger partial charge in [-0.1, -0.05) is 17.7 Å². The van der Waals surface area contributed by atoms with Crippen LogP contribution in [0.3, 0.4) is 0 Å². The summed E-state index contributed by atoms with van der Waals surface area (Å²) in [5, 5.41) is 121. The zero-order valence-corrected chi connectivity index (χ0v) is 48.1. The Labute approximate surface area is 525 Å². The van der Waals surface area contributed by atoms with Crippen LogP contribution in [0.25, 0.3) is 0 Å². The zero-order valence-electron chi connectivity index (χ0n) is 42.7. The molecule has 0 heterocycles. The zero-order chi connectivity index (χ0) is 60.3. The fourth-order valence-corrected chi connectivity index (χ4v) is 7.95. The summed E-state index contributed by atoms with van der Waals surface area (Å²) in [7, 11) is -4.79. The number of rotatable bonds is 40. The maximum Gasteiger partial charge on any atom is 3.00 e. The van der Waals surface area contributed by atoms with E-state index in [1.807, 2.05) is 0 Å². The first-order valence-electron chi connectivity index (χ1n) is 22.7. The Bertz CT molecular complexity index is 2550. The van der Waals surface area contributed by atoms with Crippen LogP contribution in [0.1, 0.15) is 21.5 Å². The van der Waals surface area contributed by atoms with Crippen molar-refractivity contribution in [1.29, 1.82) is 0 Å². The van der Waals surface area contributed by atoms with Crippen LogP contribution in [0.4, 0.5) is 0 Å². The number of nitrogens with zero attached hydrogens (tertiary/aromatic N) is 6. The molecule has 2 rings (SSSR count). The van der Waals surface area contributed by atoms with Gasteiger partial charge in [0, 0.05) is 105 Å². The molecule has 2 radical (unpaired) electrons. The number of hydrogen-bond donors (Lipinski definition) is 2. The molecule has 36 heteroatoms. The Morgan fingerprint density at radius 3 is 1.01 bits per heavy atom. The smallest absolute Gasteiger partial charge is 0.549 e. The fraction of sp³-hybridized carbons (Fsp3) is 0.489. The number of benzene rings is 2. The van der Waals surface area contributed by atoms with Crippen LogP contribution in [-0.4, -0.2) is 243 Å². The first kappa shape index (κ1) is 77.6. The third-order valence-electron chi connectivity index (χ3n) is 10.5. The van der Waals surface area contributed by atoms with E-state index < -0.39 is 185 Å². The number of hydrogen-bond acceptors (Lipinski definition) is 31. The van der Waals surface area contributed by atoms with Crippen LogP contribution in [0.2, 0.25) is 0 Å². The van der Waals surface area contributed by atoms with Gasteiger partial charge in [0.25, 0.3) is 10.1 Å². The number of aryl methyl sites for hydroxylation is 2. The first-order chi connectivity index (χ1) is 36.6. The van der Waals surface area contributed by atoms with Gasteiger partial charge < -0.3 is 114 Å². The van der Waals surface area contributed by atoms with E-state index in [1.165, 1.54) is 37.3 Å². The van der Waals surface area contributed by atoms with E-state index in [9.17, 15) is 122 Å². The van der Waals surface area contributed by atoms with Gasteiger partial charge in [0.1, 0.15) is 35.2 Å². The van der Waals surface area contributed by atoms with Gasteiger partial charge in [-0.3, -0.25) is 34.0 Å². The van der Waals surface area contributed by atoms with Crippen molar-refractivity contribution in [2.75, 3.05) is 118 Å². The molecule has 2 aromatic rings. The van der Waals surface area contributed by atoms with Crippen LogP contribution in [0.5, 0.6) is 11.5 Å². The van der Waals surface area contributed by atoms with Crippen molar-refractivity contribution in [3.63, 3.8) is 0 Å². The minimum Gasteiger partial charge on any atom is -0.549 e. The maximum absolute atomic E-state index is 11.8. The number of carboxylic acid groups (broad SMARTS) is 11. The maximum atomic E-state index is 11.8. The molecular weight excluding hydrogens is 1400 g/mol. The fourth-order valence-electron chi connectivity index (χ4n) is 7.24. The van der Waals surface area contributed by atoms with Gasteiger partial charge in [-0.15, -0.1) is 0 Å². The quantitative estimate of drug-likeness (QED) is 0.0585. The third kappa shape index (κ3) is 34.5. The molecule has 0 aliphatic carbocycles. The molecule has 2 unspecified atom stereocenters. The second kappa shape index (κ2) is 39.1. The second-order valence-electron chi connectivity index (χ2n) is 17.1. The van der Waals surface area contributed by atoms with E-state index in [0.717, 1.165) is 35.5 Å². The summed E-state index contributed by atoms with van der Waals surface area (Å²) in [6.45, 7) is -9.27. The summed E-state index contributed by atoms with van der Waals surface area (Å²) in [5.74, 6) is -18.5. The molecule has 2 aromatic carbocycles. The number of carbonyl (C=O) groups is 11. The molecule has 0 aromatic heterocycles. The van der Waals surface area contributed by atoms with E-state index in [1.54, 1.807) is 6.92 Å². The van der Waals surface area contributed by atoms with E-state index in [2.05, 4.69) is 0 Å². The summed E-state index contributed by atoms with van der Waals surface area (Å²) in [6, 6.07) is 5.29. The SMILES string of the molecule is Cc1ccc(OCC(CN(CCN(CC(=O)[O-])CC(=O)[O-])CC(=O)[O-])N(CC(=O)[O-])CC(=O)[O-])c(C(=O)O)c1.Cc1ccc(OCC(CN(CCN(CC(=O)[O-])CC(=O)[O-])CC(=O)[O-])N(CC(=O)[O-])CC(=O)[O-])c(S(=O)(=O)O)c1.[Gd+3].[Gd+3]. The number of carboxylic acids is 11. The number of aliphatic carboxylic acids is 10. The molecule has 81 heavy (non-hydrogen) atoms. The molecule has 0 amide bonds. The van der Waals surface area contributed by atoms with Gasteiger partial charge in [-0.05, 0) is 43.7 Å². The minimum atomic E-state index is -4.79. The number of aromatic carboxylic acids is 1. The molecule has 0 saturated heterocycles. The van der Waals surface area contributed by atoms with Crippen LogP contribution >= 0.6 is 0 Å². The Morgan fingerprint density at radius 2 is 0.716 bits per heavy atom. The summed E-state index contributed by atoms with van der Waals surface area (Å²) in [5.41, 5.74) is 0.765. The van der Waals surface area contributed by atoms with E-state index >= 15 is 0 Å². The van der Waals surface area contributed by atoms with E-state index in [4.69, 9.17) is 9.47 Å². The Kier molecular flexibility index (Phi) is 37.4. The number of ether oxygens (including phenoxy) is 2. The van der Waals surface area contributed by atoms with Gasteiger partial charge in [0.2, 0.25) is 0 Å². The minimum absolute atomic E-state index is 0. The Hall–Kier alpha value is -5.47. The molecule has 450 valence electrons. The average Bonchev–Trinajstić information content (AvgIpc) is 3.28. The normalized spacial score (nSPS) is 11.9. The largest absolute Gasteiger partial charge is 3.00 e. The topological polar surface area (TPSA) is 531 Å². The van der Waals surface area contributed by atoms with Crippen molar-refractivity contribution in [2.45, 2.75) is 30.8 Å². The molecule has 0 saturated carbocycles. The first-order valence-corrected chi connectivity index (χ1v) is 24.1. The number of carbonyl (C=O) groups excluding carboxylic acids is 10. The molecule has 0 aliphatic heterocycles. The van der Waals surface area contributed by atoms with Gasteiger partial charge in [-0.2, -0.15) is 8.42 Å². The molecule has 2 atom stereocenters. The van der Waals surface area contributed by atoms with Gasteiger partial charge >= 0.3 is 85.9 Å². The second-order valence-corrected chi connectivity index (χ2v) is 18.5. The van der Waals surface area contributed by atoms with Crippen LogP contribution < -0.4 is 60.5 Å². The van der Waals surface area contributed by atoms with E-state index in [-0.39, 0.29) is 123 Å². The molecule has 0 aliphatic rings. The monoisotopic (exact) mass is 1460 g/mol.